The molecule has 0 saturated carbocycles. The van der Waals surface area contributed by atoms with Gasteiger partial charge in [0.25, 0.3) is 0 Å². The van der Waals surface area contributed by atoms with Crippen molar-refractivity contribution in [1.82, 2.24) is 4.57 Å². The Morgan fingerprint density at radius 1 is 0.373 bits per heavy atom. The summed E-state index contributed by atoms with van der Waals surface area (Å²) in [6.07, 6.45) is 0. The summed E-state index contributed by atoms with van der Waals surface area (Å²) in [5.41, 5.74) is 13.2. The van der Waals surface area contributed by atoms with Crippen LogP contribution in [0.1, 0.15) is 0 Å². The average molecular weight is 753 g/mol. The summed E-state index contributed by atoms with van der Waals surface area (Å²) in [6, 6.07) is 78.7. The van der Waals surface area contributed by atoms with Crippen LogP contribution in [-0.2, 0) is 0 Å². The van der Waals surface area contributed by atoms with Gasteiger partial charge in [-0.1, -0.05) is 152 Å². The topological polar surface area (TPSA) is 21.3 Å². The van der Waals surface area contributed by atoms with Crippen molar-refractivity contribution in [3.8, 4) is 27.9 Å². The number of rotatable bonds is 6. The Hall–Kier alpha value is -7.88. The Bertz CT molecular complexity index is 3540. The molecule has 2 aromatic heterocycles. The van der Waals surface area contributed by atoms with Gasteiger partial charge in [-0.3, -0.25) is 0 Å². The Morgan fingerprint density at radius 3 is 1.90 bits per heavy atom. The molecular weight excluding hydrogens is 717 g/mol. The van der Waals surface area contributed by atoms with Gasteiger partial charge in [0.1, 0.15) is 11.2 Å². The Balaban J connectivity index is 1.03. The first-order valence-corrected chi connectivity index (χ1v) is 20.2. The molecule has 0 aliphatic carbocycles. The van der Waals surface area contributed by atoms with Gasteiger partial charge in [0.15, 0.2) is 0 Å². The van der Waals surface area contributed by atoms with Crippen molar-refractivity contribution in [2.45, 2.75) is 0 Å². The molecule has 0 aliphatic rings. The zero-order valence-electron chi connectivity index (χ0n) is 32.1. The fraction of sp³-hybridized carbons (Fsp3) is 0. The molecule has 10 aromatic carbocycles. The van der Waals surface area contributed by atoms with Gasteiger partial charge in [0.2, 0.25) is 0 Å². The monoisotopic (exact) mass is 752 g/mol. The first-order chi connectivity index (χ1) is 29.3. The summed E-state index contributed by atoms with van der Waals surface area (Å²) < 4.78 is 8.91. The second-order valence-corrected chi connectivity index (χ2v) is 15.3. The molecule has 12 aromatic rings. The first kappa shape index (κ1) is 33.3. The number of nitrogens with zero attached hydrogens (tertiary/aromatic N) is 2. The maximum atomic E-state index is 6.52. The summed E-state index contributed by atoms with van der Waals surface area (Å²) in [5.74, 6) is 0. The van der Waals surface area contributed by atoms with Crippen LogP contribution in [-0.4, -0.2) is 4.57 Å². The highest BCUT2D eigenvalue weighted by atomic mass is 16.3. The zero-order chi connectivity index (χ0) is 38.9. The number of anilines is 3. The Kier molecular flexibility index (Phi) is 7.54. The van der Waals surface area contributed by atoms with Gasteiger partial charge in [-0.25, -0.2) is 0 Å². The molecule has 0 aliphatic heterocycles. The van der Waals surface area contributed by atoms with Gasteiger partial charge in [-0.15, -0.1) is 0 Å². The van der Waals surface area contributed by atoms with Gasteiger partial charge in [-0.2, -0.15) is 0 Å². The van der Waals surface area contributed by atoms with Crippen molar-refractivity contribution >= 4 is 82.4 Å². The van der Waals surface area contributed by atoms with E-state index in [4.69, 9.17) is 4.42 Å². The molecule has 2 heterocycles. The molecule has 0 saturated heterocycles. The molecular formula is C56H36N2O. The molecule has 0 unspecified atom stereocenters. The third kappa shape index (κ3) is 5.36. The number of aromatic nitrogens is 1. The molecule has 276 valence electrons. The van der Waals surface area contributed by atoms with E-state index in [0.29, 0.717) is 0 Å². The molecule has 0 bridgehead atoms. The highest BCUT2D eigenvalue weighted by molar-refractivity contribution is 6.17. The molecule has 0 radical (unpaired) electrons. The number of hydrogen-bond acceptors (Lipinski definition) is 2. The van der Waals surface area contributed by atoms with Crippen LogP contribution in [0.15, 0.2) is 223 Å². The Labute approximate surface area is 341 Å². The number of benzene rings is 10. The van der Waals surface area contributed by atoms with Crippen molar-refractivity contribution in [2.24, 2.45) is 0 Å². The summed E-state index contributed by atoms with van der Waals surface area (Å²) in [5, 5.41) is 9.63. The van der Waals surface area contributed by atoms with Crippen molar-refractivity contribution < 1.29 is 4.42 Å². The number of fused-ring (bicyclic) bond motifs is 9. The SMILES string of the molecule is c1ccc(-c2cccc3c2oc2ccc(-c4ccc(N(c5ccc6c(ccc7ccccc76)c5)c5cccc6c5c5ccccc5n6-c5ccccc5)cc4)cc23)cc1. The fourth-order valence-corrected chi connectivity index (χ4v) is 9.23. The van der Waals surface area contributed by atoms with Crippen LogP contribution in [0.3, 0.4) is 0 Å². The molecule has 3 nitrogen and oxygen atoms in total. The minimum atomic E-state index is 0.891. The zero-order valence-corrected chi connectivity index (χ0v) is 32.1. The largest absolute Gasteiger partial charge is 0.455 e. The highest BCUT2D eigenvalue weighted by Crippen LogP contribution is 2.45. The standard InChI is InChI=1S/C56H36N2O/c1-3-13-38(14-4-1)47-20-11-21-48-50-36-40(29-34-54(50)59-56(47)48)37-27-30-43(31-28-37)57(44-32-33-46-41(35-44)26-25-39-15-7-8-18-45(39)46)52-23-12-24-53-55(52)49-19-9-10-22-51(49)58(53)42-16-5-2-6-17-42/h1-36H. The van der Waals surface area contributed by atoms with Gasteiger partial charge in [-0.05, 0) is 105 Å². The van der Waals surface area contributed by atoms with E-state index >= 15 is 0 Å². The van der Waals surface area contributed by atoms with E-state index in [2.05, 4.69) is 222 Å². The third-order valence-corrected chi connectivity index (χ3v) is 12.0. The molecule has 0 fully saturated rings. The highest BCUT2D eigenvalue weighted by Gasteiger charge is 2.22. The van der Waals surface area contributed by atoms with Crippen molar-refractivity contribution in [3.63, 3.8) is 0 Å². The number of para-hydroxylation sites is 3. The van der Waals surface area contributed by atoms with E-state index in [0.717, 1.165) is 66.9 Å². The fourth-order valence-electron chi connectivity index (χ4n) is 9.23. The summed E-state index contributed by atoms with van der Waals surface area (Å²) in [6.45, 7) is 0. The lowest BCUT2D eigenvalue weighted by molar-refractivity contribution is 0.670. The molecule has 12 rings (SSSR count). The quantitative estimate of drug-likeness (QED) is 0.158. The minimum absolute atomic E-state index is 0.891. The lowest BCUT2D eigenvalue weighted by Gasteiger charge is -2.27. The minimum Gasteiger partial charge on any atom is -0.455 e. The van der Waals surface area contributed by atoms with Crippen molar-refractivity contribution in [1.29, 1.82) is 0 Å². The van der Waals surface area contributed by atoms with Crippen LogP contribution in [0.4, 0.5) is 17.1 Å². The first-order valence-electron chi connectivity index (χ1n) is 20.2. The average Bonchev–Trinajstić information content (AvgIpc) is 3.86. The summed E-state index contributed by atoms with van der Waals surface area (Å²) in [4.78, 5) is 2.43. The van der Waals surface area contributed by atoms with E-state index in [1.807, 2.05) is 6.07 Å². The normalized spacial score (nSPS) is 11.7. The van der Waals surface area contributed by atoms with Crippen molar-refractivity contribution in [2.75, 3.05) is 4.90 Å². The van der Waals surface area contributed by atoms with E-state index < -0.39 is 0 Å². The lowest BCUT2D eigenvalue weighted by Crippen LogP contribution is -2.10. The van der Waals surface area contributed by atoms with E-state index in [1.165, 1.54) is 43.4 Å². The molecule has 0 amide bonds. The molecule has 59 heavy (non-hydrogen) atoms. The second-order valence-electron chi connectivity index (χ2n) is 15.3. The lowest BCUT2D eigenvalue weighted by atomic mass is 9.99. The molecule has 0 N–H and O–H groups in total. The Morgan fingerprint density at radius 2 is 1.03 bits per heavy atom. The maximum Gasteiger partial charge on any atom is 0.143 e. The molecule has 0 atom stereocenters. The van der Waals surface area contributed by atoms with Crippen LogP contribution >= 0.6 is 0 Å². The van der Waals surface area contributed by atoms with E-state index in [1.54, 1.807) is 0 Å². The molecule has 3 heteroatoms. The maximum absolute atomic E-state index is 6.52. The van der Waals surface area contributed by atoms with E-state index in [9.17, 15) is 0 Å². The van der Waals surface area contributed by atoms with Gasteiger partial charge >= 0.3 is 0 Å². The van der Waals surface area contributed by atoms with Gasteiger partial charge in [0, 0.05) is 44.2 Å². The summed E-state index contributed by atoms with van der Waals surface area (Å²) >= 11 is 0. The van der Waals surface area contributed by atoms with Crippen LogP contribution in [0, 0.1) is 0 Å². The predicted octanol–water partition coefficient (Wildman–Crippen LogP) is 15.8. The van der Waals surface area contributed by atoms with Gasteiger partial charge in [0.05, 0.1) is 16.7 Å². The van der Waals surface area contributed by atoms with Gasteiger partial charge < -0.3 is 13.9 Å². The van der Waals surface area contributed by atoms with Crippen LogP contribution < -0.4 is 4.90 Å². The summed E-state index contributed by atoms with van der Waals surface area (Å²) in [7, 11) is 0. The third-order valence-electron chi connectivity index (χ3n) is 12.0. The van der Waals surface area contributed by atoms with E-state index in [-0.39, 0.29) is 0 Å². The van der Waals surface area contributed by atoms with Crippen LogP contribution in [0.5, 0.6) is 0 Å². The number of hydrogen-bond donors (Lipinski definition) is 0. The van der Waals surface area contributed by atoms with Crippen LogP contribution in [0.2, 0.25) is 0 Å². The number of furan rings is 1. The second kappa shape index (κ2) is 13.4. The van der Waals surface area contributed by atoms with Crippen molar-refractivity contribution in [3.05, 3.63) is 218 Å². The van der Waals surface area contributed by atoms with Crippen LogP contribution in [0.25, 0.3) is 93.2 Å². The predicted molar refractivity (Wildman–Crippen MR) is 249 cm³/mol. The smallest absolute Gasteiger partial charge is 0.143 e. The molecule has 0 spiro atoms.